The smallest absolute Gasteiger partial charge is 0.178 e. The molecule has 0 radical (unpaired) electrons. The van der Waals surface area contributed by atoms with Gasteiger partial charge in [-0.15, -0.1) is 0 Å². The minimum atomic E-state index is 0.0821. The van der Waals surface area contributed by atoms with Crippen molar-refractivity contribution in [2.24, 2.45) is 5.92 Å². The van der Waals surface area contributed by atoms with E-state index < -0.39 is 0 Å². The van der Waals surface area contributed by atoms with Crippen molar-refractivity contribution in [3.63, 3.8) is 0 Å². The lowest BCUT2D eigenvalue weighted by molar-refractivity contribution is 0.0916. The van der Waals surface area contributed by atoms with Crippen LogP contribution < -0.4 is 0 Å². The van der Waals surface area contributed by atoms with Crippen molar-refractivity contribution in [3.05, 3.63) is 34.9 Å². The molecule has 100 valence electrons. The van der Waals surface area contributed by atoms with Crippen LogP contribution in [0.2, 0.25) is 5.02 Å². The summed E-state index contributed by atoms with van der Waals surface area (Å²) in [5, 5.41) is 0.535. The summed E-state index contributed by atoms with van der Waals surface area (Å²) in [6.45, 7) is 6.96. The second-order valence-corrected chi connectivity index (χ2v) is 5.70. The predicted octanol–water partition coefficient (Wildman–Crippen LogP) is 3.89. The van der Waals surface area contributed by atoms with Crippen LogP contribution in [-0.4, -0.2) is 30.3 Å². The van der Waals surface area contributed by atoms with E-state index >= 15 is 0 Å². The van der Waals surface area contributed by atoms with Crippen LogP contribution in [0.5, 0.6) is 0 Å². The van der Waals surface area contributed by atoms with Crippen LogP contribution in [0.3, 0.4) is 0 Å². The molecule has 1 aromatic rings. The van der Waals surface area contributed by atoms with Crippen molar-refractivity contribution in [3.8, 4) is 0 Å². The first kappa shape index (κ1) is 15.2. The zero-order valence-electron chi connectivity index (χ0n) is 11.6. The SMILES string of the molecule is CC(C)CC(C)N(C)CC(=O)c1ccccc1Cl. The van der Waals surface area contributed by atoms with Gasteiger partial charge in [0.1, 0.15) is 0 Å². The highest BCUT2D eigenvalue weighted by Gasteiger charge is 2.16. The zero-order valence-corrected chi connectivity index (χ0v) is 12.4. The number of hydrogen-bond donors (Lipinski definition) is 0. The lowest BCUT2D eigenvalue weighted by atomic mass is 10.0. The summed E-state index contributed by atoms with van der Waals surface area (Å²) in [4.78, 5) is 14.2. The first-order valence-corrected chi connectivity index (χ1v) is 6.77. The quantitative estimate of drug-likeness (QED) is 0.729. The highest BCUT2D eigenvalue weighted by molar-refractivity contribution is 6.34. The Hall–Kier alpha value is -0.860. The fourth-order valence-corrected chi connectivity index (χ4v) is 2.26. The van der Waals surface area contributed by atoms with Gasteiger partial charge in [-0.1, -0.05) is 37.6 Å². The van der Waals surface area contributed by atoms with Crippen molar-refractivity contribution in [2.75, 3.05) is 13.6 Å². The molecule has 0 bridgehead atoms. The number of hydrogen-bond acceptors (Lipinski definition) is 2. The van der Waals surface area contributed by atoms with Gasteiger partial charge in [0, 0.05) is 11.6 Å². The van der Waals surface area contributed by atoms with E-state index in [9.17, 15) is 4.79 Å². The number of nitrogens with zero attached hydrogens (tertiary/aromatic N) is 1. The molecule has 0 aliphatic rings. The fourth-order valence-electron chi connectivity index (χ4n) is 2.02. The molecular formula is C15H22ClNO. The summed E-state index contributed by atoms with van der Waals surface area (Å²) in [7, 11) is 1.99. The molecule has 0 aliphatic carbocycles. The molecule has 0 saturated carbocycles. The van der Waals surface area contributed by atoms with Crippen molar-refractivity contribution in [2.45, 2.75) is 33.2 Å². The van der Waals surface area contributed by atoms with E-state index in [1.807, 2.05) is 19.2 Å². The fraction of sp³-hybridized carbons (Fsp3) is 0.533. The molecule has 1 aromatic carbocycles. The molecule has 0 N–H and O–H groups in total. The van der Waals surface area contributed by atoms with Crippen molar-refractivity contribution in [1.82, 2.24) is 4.90 Å². The summed E-state index contributed by atoms with van der Waals surface area (Å²) in [5.74, 6) is 0.719. The molecule has 1 atom stereocenters. The number of ketones is 1. The Bertz CT molecular complexity index is 403. The van der Waals surface area contributed by atoms with Gasteiger partial charge in [0.15, 0.2) is 5.78 Å². The predicted molar refractivity (Wildman–Crippen MR) is 77.3 cm³/mol. The summed E-state index contributed by atoms with van der Waals surface area (Å²) in [5.41, 5.74) is 0.614. The van der Waals surface area contributed by atoms with Crippen LogP contribution in [0.1, 0.15) is 37.6 Å². The first-order chi connectivity index (χ1) is 8.41. The molecule has 18 heavy (non-hydrogen) atoms. The van der Waals surface area contributed by atoms with Gasteiger partial charge in [0.05, 0.1) is 11.6 Å². The molecule has 2 nitrogen and oxygen atoms in total. The Kier molecular flexibility index (Phi) is 5.83. The zero-order chi connectivity index (χ0) is 13.7. The van der Waals surface area contributed by atoms with Gasteiger partial charge >= 0.3 is 0 Å². The van der Waals surface area contributed by atoms with Gasteiger partial charge in [-0.2, -0.15) is 0 Å². The van der Waals surface area contributed by atoms with Crippen LogP contribution in [0, 0.1) is 5.92 Å². The molecule has 0 amide bonds. The third-order valence-corrected chi connectivity index (χ3v) is 3.46. The number of benzene rings is 1. The Labute approximate surface area is 115 Å². The molecular weight excluding hydrogens is 246 g/mol. The summed E-state index contributed by atoms with van der Waals surface area (Å²) < 4.78 is 0. The summed E-state index contributed by atoms with van der Waals surface area (Å²) in [6, 6.07) is 7.62. The lowest BCUT2D eigenvalue weighted by Crippen LogP contribution is -2.34. The number of carbonyl (C=O) groups is 1. The molecule has 1 rings (SSSR count). The van der Waals surface area contributed by atoms with Crippen LogP contribution in [0.4, 0.5) is 0 Å². The van der Waals surface area contributed by atoms with Gasteiger partial charge < -0.3 is 0 Å². The Balaban J connectivity index is 2.62. The number of carbonyl (C=O) groups excluding carboxylic acids is 1. The lowest BCUT2D eigenvalue weighted by Gasteiger charge is -2.25. The second kappa shape index (κ2) is 6.91. The number of Topliss-reactive ketones (excluding diaryl/α,β-unsaturated/α-hetero) is 1. The topological polar surface area (TPSA) is 20.3 Å². The molecule has 3 heteroatoms. The monoisotopic (exact) mass is 267 g/mol. The minimum Gasteiger partial charge on any atom is -0.296 e. The van der Waals surface area contributed by atoms with E-state index in [1.165, 1.54) is 0 Å². The van der Waals surface area contributed by atoms with Gasteiger partial charge in [-0.25, -0.2) is 0 Å². The van der Waals surface area contributed by atoms with Gasteiger partial charge in [0.2, 0.25) is 0 Å². The van der Waals surface area contributed by atoms with Gasteiger partial charge in [-0.05, 0) is 38.4 Å². The summed E-state index contributed by atoms with van der Waals surface area (Å²) in [6.07, 6.45) is 1.09. The molecule has 0 saturated heterocycles. The van der Waals surface area contributed by atoms with E-state index in [0.29, 0.717) is 29.1 Å². The van der Waals surface area contributed by atoms with E-state index in [0.717, 1.165) is 6.42 Å². The van der Waals surface area contributed by atoms with Crippen molar-refractivity contribution < 1.29 is 4.79 Å². The summed E-state index contributed by atoms with van der Waals surface area (Å²) >= 11 is 6.03. The largest absolute Gasteiger partial charge is 0.296 e. The molecule has 0 aromatic heterocycles. The van der Waals surface area contributed by atoms with E-state index in [1.54, 1.807) is 12.1 Å². The first-order valence-electron chi connectivity index (χ1n) is 6.39. The number of rotatable bonds is 6. The van der Waals surface area contributed by atoms with E-state index in [4.69, 9.17) is 11.6 Å². The maximum Gasteiger partial charge on any atom is 0.178 e. The average Bonchev–Trinajstić information content (AvgIpc) is 2.28. The second-order valence-electron chi connectivity index (χ2n) is 5.30. The maximum absolute atomic E-state index is 12.1. The van der Waals surface area contributed by atoms with Crippen LogP contribution in [0.15, 0.2) is 24.3 Å². The van der Waals surface area contributed by atoms with Gasteiger partial charge in [0.25, 0.3) is 0 Å². The third-order valence-electron chi connectivity index (χ3n) is 3.13. The van der Waals surface area contributed by atoms with Crippen LogP contribution >= 0.6 is 11.6 Å². The standard InChI is InChI=1S/C15H22ClNO/c1-11(2)9-12(3)17(4)10-15(18)13-7-5-6-8-14(13)16/h5-8,11-12H,9-10H2,1-4H3. The Morgan fingerprint density at radius 1 is 1.28 bits per heavy atom. The van der Waals surface area contributed by atoms with Crippen molar-refractivity contribution in [1.29, 1.82) is 0 Å². The van der Waals surface area contributed by atoms with Crippen LogP contribution in [-0.2, 0) is 0 Å². The molecule has 1 unspecified atom stereocenters. The minimum absolute atomic E-state index is 0.0821. The van der Waals surface area contributed by atoms with E-state index in [2.05, 4.69) is 25.7 Å². The normalized spacial score (nSPS) is 13.1. The Morgan fingerprint density at radius 2 is 1.89 bits per heavy atom. The average molecular weight is 268 g/mol. The van der Waals surface area contributed by atoms with Gasteiger partial charge in [-0.3, -0.25) is 9.69 Å². The van der Waals surface area contributed by atoms with Crippen LogP contribution in [0.25, 0.3) is 0 Å². The molecule has 0 spiro atoms. The van der Waals surface area contributed by atoms with E-state index in [-0.39, 0.29) is 5.78 Å². The molecule has 0 fully saturated rings. The maximum atomic E-state index is 12.1. The number of likely N-dealkylation sites (N-methyl/N-ethyl adjacent to an activating group) is 1. The number of halogens is 1. The van der Waals surface area contributed by atoms with Crippen molar-refractivity contribution >= 4 is 17.4 Å². The third kappa shape index (κ3) is 4.43. The molecule has 0 heterocycles. The Morgan fingerprint density at radius 3 is 2.44 bits per heavy atom. The molecule has 0 aliphatic heterocycles. The highest BCUT2D eigenvalue weighted by atomic mass is 35.5. The highest BCUT2D eigenvalue weighted by Crippen LogP contribution is 2.17.